The molecule has 0 aromatic heterocycles. The van der Waals surface area contributed by atoms with E-state index in [1.807, 2.05) is 0 Å². The number of hydrogen-bond acceptors (Lipinski definition) is 1. The first kappa shape index (κ1) is 9.51. The Hall–Kier alpha value is -0.0400. The van der Waals surface area contributed by atoms with Crippen molar-refractivity contribution in [3.63, 3.8) is 0 Å². The van der Waals surface area contributed by atoms with Gasteiger partial charge < -0.3 is 4.90 Å². The number of rotatable bonds is 1. The van der Waals surface area contributed by atoms with Crippen molar-refractivity contribution in [2.24, 2.45) is 10.8 Å². The lowest BCUT2D eigenvalue weighted by Crippen LogP contribution is -2.34. The van der Waals surface area contributed by atoms with Gasteiger partial charge in [0.25, 0.3) is 0 Å². The average molecular weight is 181 g/mol. The van der Waals surface area contributed by atoms with Gasteiger partial charge in [-0.2, -0.15) is 0 Å². The third kappa shape index (κ3) is 1.63. The molecule has 76 valence electrons. The van der Waals surface area contributed by atoms with Crippen molar-refractivity contribution in [1.29, 1.82) is 0 Å². The topological polar surface area (TPSA) is 3.24 Å². The van der Waals surface area contributed by atoms with Crippen molar-refractivity contribution in [2.45, 2.75) is 53.0 Å². The quantitative estimate of drug-likeness (QED) is 0.601. The van der Waals surface area contributed by atoms with E-state index in [2.05, 4.69) is 32.6 Å². The molecule has 1 heteroatoms. The molecule has 13 heavy (non-hydrogen) atoms. The number of nitrogens with zero attached hydrogens (tertiary/aromatic N) is 1. The van der Waals surface area contributed by atoms with Crippen LogP contribution in [0.5, 0.6) is 0 Å². The van der Waals surface area contributed by atoms with E-state index in [4.69, 9.17) is 0 Å². The largest absolute Gasteiger partial charge is 0.300 e. The highest BCUT2D eigenvalue weighted by Crippen LogP contribution is 2.52. The fourth-order valence-electron chi connectivity index (χ4n) is 3.95. The lowest BCUT2D eigenvalue weighted by Gasteiger charge is -2.39. The minimum absolute atomic E-state index is 0.585. The summed E-state index contributed by atoms with van der Waals surface area (Å²) in [6, 6.07) is 0.888. The van der Waals surface area contributed by atoms with E-state index in [1.165, 1.54) is 32.4 Å². The van der Waals surface area contributed by atoms with Crippen LogP contribution in [0.15, 0.2) is 0 Å². The second-order valence-corrected chi connectivity index (χ2v) is 6.28. The predicted molar refractivity (Wildman–Crippen MR) is 56.8 cm³/mol. The minimum atomic E-state index is 0.585. The van der Waals surface area contributed by atoms with E-state index in [0.29, 0.717) is 10.8 Å². The molecule has 1 nitrogen and oxygen atoms in total. The summed E-state index contributed by atoms with van der Waals surface area (Å²) in [7, 11) is 0. The van der Waals surface area contributed by atoms with Crippen LogP contribution in [-0.4, -0.2) is 24.0 Å². The summed E-state index contributed by atoms with van der Waals surface area (Å²) in [5, 5.41) is 0. The van der Waals surface area contributed by atoms with Gasteiger partial charge in [-0.1, -0.05) is 27.7 Å². The Morgan fingerprint density at radius 1 is 1.23 bits per heavy atom. The first-order chi connectivity index (χ1) is 5.94. The van der Waals surface area contributed by atoms with Gasteiger partial charge >= 0.3 is 0 Å². The van der Waals surface area contributed by atoms with Crippen molar-refractivity contribution in [1.82, 2.24) is 4.90 Å². The van der Waals surface area contributed by atoms with Crippen LogP contribution >= 0.6 is 0 Å². The molecular weight excluding hydrogens is 158 g/mol. The SMILES string of the molecule is CCN1C[C@]2(C)C[C@H]1CC(C)(C)C2. The second kappa shape index (κ2) is 2.73. The third-order valence-electron chi connectivity index (χ3n) is 3.93. The Morgan fingerprint density at radius 2 is 1.92 bits per heavy atom. The van der Waals surface area contributed by atoms with E-state index < -0.39 is 0 Å². The van der Waals surface area contributed by atoms with E-state index in [1.54, 1.807) is 0 Å². The first-order valence-corrected chi connectivity index (χ1v) is 5.68. The molecule has 2 atom stereocenters. The average Bonchev–Trinajstić information content (AvgIpc) is 2.19. The van der Waals surface area contributed by atoms with Crippen molar-refractivity contribution in [3.8, 4) is 0 Å². The molecule has 2 fully saturated rings. The van der Waals surface area contributed by atoms with Gasteiger partial charge in [-0.3, -0.25) is 0 Å². The minimum Gasteiger partial charge on any atom is -0.300 e. The Morgan fingerprint density at radius 3 is 2.54 bits per heavy atom. The molecule has 0 radical (unpaired) electrons. The summed E-state index contributed by atoms with van der Waals surface area (Å²) in [5.74, 6) is 0. The van der Waals surface area contributed by atoms with Gasteiger partial charge in [-0.05, 0) is 36.6 Å². The van der Waals surface area contributed by atoms with Crippen LogP contribution in [0.4, 0.5) is 0 Å². The van der Waals surface area contributed by atoms with Gasteiger partial charge in [0, 0.05) is 12.6 Å². The molecule has 1 saturated heterocycles. The molecule has 2 aliphatic rings. The molecule has 1 aliphatic carbocycles. The molecule has 0 N–H and O–H groups in total. The number of hydrogen-bond donors (Lipinski definition) is 0. The van der Waals surface area contributed by atoms with Crippen LogP contribution < -0.4 is 0 Å². The zero-order valence-electron chi connectivity index (χ0n) is 9.56. The molecular formula is C12H23N. The summed E-state index contributed by atoms with van der Waals surface area (Å²) >= 11 is 0. The van der Waals surface area contributed by atoms with Crippen molar-refractivity contribution in [2.75, 3.05) is 13.1 Å². The molecule has 1 saturated carbocycles. The molecule has 2 bridgehead atoms. The van der Waals surface area contributed by atoms with E-state index >= 15 is 0 Å². The fourth-order valence-corrected chi connectivity index (χ4v) is 3.95. The maximum Gasteiger partial charge on any atom is 0.0106 e. The summed E-state index contributed by atoms with van der Waals surface area (Å²) in [5.41, 5.74) is 1.21. The van der Waals surface area contributed by atoms with Crippen molar-refractivity contribution in [3.05, 3.63) is 0 Å². The van der Waals surface area contributed by atoms with Gasteiger partial charge in [0.2, 0.25) is 0 Å². The van der Waals surface area contributed by atoms with Gasteiger partial charge in [0.1, 0.15) is 0 Å². The molecule has 0 unspecified atom stereocenters. The number of fused-ring (bicyclic) bond motifs is 2. The smallest absolute Gasteiger partial charge is 0.0106 e. The zero-order chi connectivity index (χ0) is 9.69. The molecule has 0 aromatic rings. The highest BCUT2D eigenvalue weighted by atomic mass is 15.2. The van der Waals surface area contributed by atoms with Gasteiger partial charge in [0.15, 0.2) is 0 Å². The van der Waals surface area contributed by atoms with Crippen molar-refractivity contribution >= 4 is 0 Å². The Bertz CT molecular complexity index is 209. The summed E-state index contributed by atoms with van der Waals surface area (Å²) < 4.78 is 0. The molecule has 0 aromatic carbocycles. The van der Waals surface area contributed by atoms with E-state index in [9.17, 15) is 0 Å². The maximum absolute atomic E-state index is 2.69. The molecule has 1 aliphatic heterocycles. The van der Waals surface area contributed by atoms with Crippen LogP contribution in [0.2, 0.25) is 0 Å². The highest BCUT2D eigenvalue weighted by Gasteiger charge is 2.48. The second-order valence-electron chi connectivity index (χ2n) is 6.28. The van der Waals surface area contributed by atoms with Crippen LogP contribution in [-0.2, 0) is 0 Å². The monoisotopic (exact) mass is 181 g/mol. The highest BCUT2D eigenvalue weighted by molar-refractivity contribution is 5.02. The standard InChI is InChI=1S/C12H23N/c1-5-13-9-12(4)7-10(13)6-11(2,3)8-12/h10H,5-9H2,1-4H3/t10-,12-/m1/s1. The van der Waals surface area contributed by atoms with Crippen LogP contribution in [0, 0.1) is 10.8 Å². The normalized spacial score (nSPS) is 43.8. The van der Waals surface area contributed by atoms with E-state index in [-0.39, 0.29) is 0 Å². The summed E-state index contributed by atoms with van der Waals surface area (Å²) in [4.78, 5) is 2.69. The molecule has 0 spiro atoms. The lowest BCUT2D eigenvalue weighted by atomic mass is 9.65. The Balaban J connectivity index is 2.18. The van der Waals surface area contributed by atoms with Crippen LogP contribution in [0.1, 0.15) is 47.0 Å². The maximum atomic E-state index is 2.69. The van der Waals surface area contributed by atoms with E-state index in [0.717, 1.165) is 6.04 Å². The predicted octanol–water partition coefficient (Wildman–Crippen LogP) is 2.91. The van der Waals surface area contributed by atoms with Crippen LogP contribution in [0.3, 0.4) is 0 Å². The Labute approximate surface area is 82.5 Å². The summed E-state index contributed by atoms with van der Waals surface area (Å²) in [6.07, 6.45) is 4.29. The number of likely N-dealkylation sites (tertiary alicyclic amines) is 1. The third-order valence-corrected chi connectivity index (χ3v) is 3.93. The van der Waals surface area contributed by atoms with Gasteiger partial charge in [0.05, 0.1) is 0 Å². The zero-order valence-corrected chi connectivity index (χ0v) is 9.56. The fraction of sp³-hybridized carbons (Fsp3) is 1.00. The van der Waals surface area contributed by atoms with Gasteiger partial charge in [-0.25, -0.2) is 0 Å². The first-order valence-electron chi connectivity index (χ1n) is 5.68. The molecule has 1 heterocycles. The van der Waals surface area contributed by atoms with Crippen LogP contribution in [0.25, 0.3) is 0 Å². The summed E-state index contributed by atoms with van der Waals surface area (Å²) in [6.45, 7) is 12.3. The van der Waals surface area contributed by atoms with Gasteiger partial charge in [-0.15, -0.1) is 0 Å². The Kier molecular flexibility index (Phi) is 1.99. The molecule has 2 rings (SSSR count). The lowest BCUT2D eigenvalue weighted by molar-refractivity contribution is 0.128. The van der Waals surface area contributed by atoms with Crippen molar-refractivity contribution < 1.29 is 0 Å². The molecule has 0 amide bonds.